The van der Waals surface area contributed by atoms with Gasteiger partial charge >= 0.3 is 0 Å². The predicted octanol–water partition coefficient (Wildman–Crippen LogP) is 1.70. The molecule has 0 N–H and O–H groups in total. The normalized spacial score (nSPS) is 21.2. The van der Waals surface area contributed by atoms with Crippen molar-refractivity contribution in [1.29, 1.82) is 0 Å². The van der Waals surface area contributed by atoms with Crippen LogP contribution in [0.2, 0.25) is 0 Å². The van der Waals surface area contributed by atoms with E-state index in [0.29, 0.717) is 5.41 Å². The van der Waals surface area contributed by atoms with Gasteiger partial charge in [0, 0.05) is 50.8 Å². The first-order valence-electron chi connectivity index (χ1n) is 8.44. The smallest absolute Gasteiger partial charge is 0.225 e. The molecule has 2 fully saturated rings. The molecule has 23 heavy (non-hydrogen) atoms. The minimum absolute atomic E-state index is 0.463. The van der Waals surface area contributed by atoms with E-state index in [9.17, 15) is 0 Å². The van der Waals surface area contributed by atoms with Crippen LogP contribution in [0.3, 0.4) is 0 Å². The fourth-order valence-corrected chi connectivity index (χ4v) is 3.97. The Bertz CT molecular complexity index is 644. The van der Waals surface area contributed by atoms with Gasteiger partial charge < -0.3 is 4.90 Å². The molecule has 1 spiro atoms. The van der Waals surface area contributed by atoms with Crippen LogP contribution >= 0.6 is 0 Å². The summed E-state index contributed by atoms with van der Waals surface area (Å²) in [7, 11) is 1.98. The average molecular weight is 312 g/mol. The Kier molecular flexibility index (Phi) is 3.77. The number of piperidine rings is 1. The van der Waals surface area contributed by atoms with Crippen molar-refractivity contribution in [3.05, 3.63) is 36.4 Å². The van der Waals surface area contributed by atoms with Gasteiger partial charge in [0.05, 0.1) is 6.20 Å². The Morgan fingerprint density at radius 3 is 2.52 bits per heavy atom. The van der Waals surface area contributed by atoms with Crippen LogP contribution in [-0.4, -0.2) is 50.8 Å². The summed E-state index contributed by atoms with van der Waals surface area (Å²) in [5, 5.41) is 4.27. The summed E-state index contributed by atoms with van der Waals surface area (Å²) >= 11 is 0. The quantitative estimate of drug-likeness (QED) is 0.863. The number of hydrogen-bond donors (Lipinski definition) is 0. The van der Waals surface area contributed by atoms with Gasteiger partial charge in [-0.15, -0.1) is 0 Å². The number of aromatic nitrogens is 4. The van der Waals surface area contributed by atoms with Gasteiger partial charge in [0.1, 0.15) is 0 Å². The van der Waals surface area contributed by atoms with E-state index in [4.69, 9.17) is 0 Å². The van der Waals surface area contributed by atoms with E-state index in [0.717, 1.165) is 25.6 Å². The summed E-state index contributed by atoms with van der Waals surface area (Å²) in [6, 6.07) is 1.88. The van der Waals surface area contributed by atoms with Gasteiger partial charge in [0.2, 0.25) is 5.95 Å². The van der Waals surface area contributed by atoms with Crippen molar-refractivity contribution in [3.63, 3.8) is 0 Å². The highest BCUT2D eigenvalue weighted by Gasteiger charge is 2.41. The van der Waals surface area contributed by atoms with Crippen LogP contribution < -0.4 is 4.90 Å². The van der Waals surface area contributed by atoms with Crippen LogP contribution in [0.1, 0.15) is 24.8 Å². The number of likely N-dealkylation sites (tertiary alicyclic amines) is 1. The molecule has 0 saturated carbocycles. The summed E-state index contributed by atoms with van der Waals surface area (Å²) in [6.45, 7) is 5.58. The summed E-state index contributed by atoms with van der Waals surface area (Å²) in [4.78, 5) is 13.7. The number of hydrogen-bond acceptors (Lipinski definition) is 5. The lowest BCUT2D eigenvalue weighted by molar-refractivity contribution is 0.115. The second-order valence-corrected chi connectivity index (χ2v) is 7.02. The molecule has 0 amide bonds. The van der Waals surface area contributed by atoms with Gasteiger partial charge in [-0.1, -0.05) is 0 Å². The molecule has 2 aromatic heterocycles. The molecular formula is C17H24N6. The zero-order valence-corrected chi connectivity index (χ0v) is 13.7. The highest BCUT2D eigenvalue weighted by atomic mass is 15.3. The van der Waals surface area contributed by atoms with Crippen LogP contribution in [-0.2, 0) is 13.6 Å². The lowest BCUT2D eigenvalue weighted by atomic mass is 9.78. The van der Waals surface area contributed by atoms with Gasteiger partial charge in [0.15, 0.2) is 0 Å². The summed E-state index contributed by atoms with van der Waals surface area (Å²) in [6.07, 6.45) is 11.6. The van der Waals surface area contributed by atoms with E-state index in [1.165, 1.54) is 37.9 Å². The van der Waals surface area contributed by atoms with Crippen molar-refractivity contribution >= 4 is 5.95 Å². The lowest BCUT2D eigenvalue weighted by Gasteiger charge is -2.39. The van der Waals surface area contributed by atoms with Crippen molar-refractivity contribution in [3.8, 4) is 0 Å². The third kappa shape index (κ3) is 3.08. The Morgan fingerprint density at radius 1 is 1.09 bits per heavy atom. The van der Waals surface area contributed by atoms with Crippen LogP contribution in [0.25, 0.3) is 0 Å². The SMILES string of the molecule is Cn1cc(CN2CCC3(CC2)CCN(c2ncccn2)C3)cn1. The molecule has 4 rings (SSSR count). The van der Waals surface area contributed by atoms with E-state index in [1.807, 2.05) is 36.4 Å². The Morgan fingerprint density at radius 2 is 1.83 bits per heavy atom. The van der Waals surface area contributed by atoms with Gasteiger partial charge in [-0.05, 0) is 43.8 Å². The Labute approximate surface area is 137 Å². The molecule has 6 heteroatoms. The average Bonchev–Trinajstić information content (AvgIpc) is 3.18. The van der Waals surface area contributed by atoms with E-state index in [-0.39, 0.29) is 0 Å². The largest absolute Gasteiger partial charge is 0.340 e. The third-order valence-electron chi connectivity index (χ3n) is 5.35. The predicted molar refractivity (Wildman–Crippen MR) is 89.0 cm³/mol. The van der Waals surface area contributed by atoms with Gasteiger partial charge in [-0.2, -0.15) is 5.10 Å². The molecule has 4 heterocycles. The molecule has 2 aliphatic heterocycles. The van der Waals surface area contributed by atoms with Crippen molar-refractivity contribution in [2.75, 3.05) is 31.1 Å². The first kappa shape index (κ1) is 14.6. The molecule has 2 aromatic rings. The standard InChI is InChI=1S/C17H24N6/c1-21-12-15(11-20-21)13-22-8-3-17(4-9-22)5-10-23(14-17)16-18-6-2-7-19-16/h2,6-7,11-12H,3-5,8-10,13-14H2,1H3. The number of aryl methyl sites for hydroxylation is 1. The summed E-state index contributed by atoms with van der Waals surface area (Å²) < 4.78 is 1.88. The zero-order valence-electron chi connectivity index (χ0n) is 13.7. The number of nitrogens with zero attached hydrogens (tertiary/aromatic N) is 6. The van der Waals surface area contributed by atoms with Crippen molar-refractivity contribution in [1.82, 2.24) is 24.6 Å². The monoisotopic (exact) mass is 312 g/mol. The van der Waals surface area contributed by atoms with E-state index in [2.05, 4.69) is 31.1 Å². The van der Waals surface area contributed by atoms with Crippen molar-refractivity contribution in [2.24, 2.45) is 12.5 Å². The first-order chi connectivity index (χ1) is 11.2. The van der Waals surface area contributed by atoms with Crippen molar-refractivity contribution < 1.29 is 0 Å². The third-order valence-corrected chi connectivity index (χ3v) is 5.35. The molecule has 2 saturated heterocycles. The van der Waals surface area contributed by atoms with Crippen LogP contribution in [0.4, 0.5) is 5.95 Å². The van der Waals surface area contributed by atoms with E-state index in [1.54, 1.807) is 0 Å². The zero-order chi connectivity index (χ0) is 15.7. The maximum absolute atomic E-state index is 4.41. The van der Waals surface area contributed by atoms with E-state index < -0.39 is 0 Å². The van der Waals surface area contributed by atoms with Gasteiger partial charge in [-0.3, -0.25) is 9.58 Å². The minimum atomic E-state index is 0.463. The molecular weight excluding hydrogens is 288 g/mol. The summed E-state index contributed by atoms with van der Waals surface area (Å²) in [5.41, 5.74) is 1.78. The second-order valence-electron chi connectivity index (χ2n) is 7.02. The van der Waals surface area contributed by atoms with Crippen LogP contribution in [0.5, 0.6) is 0 Å². The molecule has 0 bridgehead atoms. The molecule has 0 atom stereocenters. The molecule has 6 nitrogen and oxygen atoms in total. The Hall–Kier alpha value is -1.95. The number of anilines is 1. The fourth-order valence-electron chi connectivity index (χ4n) is 3.97. The second kappa shape index (κ2) is 5.92. The maximum atomic E-state index is 4.41. The first-order valence-corrected chi connectivity index (χ1v) is 8.44. The summed E-state index contributed by atoms with van der Waals surface area (Å²) in [5.74, 6) is 0.891. The van der Waals surface area contributed by atoms with Crippen molar-refractivity contribution in [2.45, 2.75) is 25.8 Å². The molecule has 122 valence electrons. The fraction of sp³-hybridized carbons (Fsp3) is 0.588. The molecule has 0 aromatic carbocycles. The maximum Gasteiger partial charge on any atom is 0.225 e. The molecule has 0 unspecified atom stereocenters. The van der Waals surface area contributed by atoms with Crippen LogP contribution in [0, 0.1) is 5.41 Å². The molecule has 2 aliphatic rings. The van der Waals surface area contributed by atoms with Gasteiger partial charge in [-0.25, -0.2) is 9.97 Å². The van der Waals surface area contributed by atoms with Gasteiger partial charge in [0.25, 0.3) is 0 Å². The van der Waals surface area contributed by atoms with E-state index >= 15 is 0 Å². The topological polar surface area (TPSA) is 50.1 Å². The minimum Gasteiger partial charge on any atom is -0.340 e. The molecule has 0 aliphatic carbocycles. The Balaban J connectivity index is 1.34. The van der Waals surface area contributed by atoms with Crippen LogP contribution in [0.15, 0.2) is 30.9 Å². The molecule has 0 radical (unpaired) electrons. The lowest BCUT2D eigenvalue weighted by Crippen LogP contribution is -2.41. The highest BCUT2D eigenvalue weighted by Crippen LogP contribution is 2.41. The highest BCUT2D eigenvalue weighted by molar-refractivity contribution is 5.31. The number of rotatable bonds is 3.